The molecule has 6 aromatic heterocycles. The second-order valence-electron chi connectivity index (χ2n) is 27.5. The monoisotopic (exact) mass is 1460 g/mol. The molecule has 0 unspecified atom stereocenters. The molecule has 4 aliphatic carbocycles. The van der Waals surface area contributed by atoms with Crippen LogP contribution in [0.2, 0.25) is 0 Å². The summed E-state index contributed by atoms with van der Waals surface area (Å²) >= 11 is 9.53. The molecule has 0 amide bonds. The van der Waals surface area contributed by atoms with Crippen molar-refractivity contribution >= 4 is 155 Å². The number of Topliss-reactive ketones (excluding diaryl/α,β-unsaturated/α-hetero) is 2. The van der Waals surface area contributed by atoms with Crippen molar-refractivity contribution in [1.29, 1.82) is 21.0 Å². The number of aryl methyl sites for hydroxylation is 4. The number of carbonyl (C=O) groups excluding carboxylic acids is 2. The maximum absolute atomic E-state index is 14.1. The van der Waals surface area contributed by atoms with E-state index in [0.717, 1.165) is 64.5 Å². The number of hydrogen-bond acceptors (Lipinski definition) is 16. The summed E-state index contributed by atoms with van der Waals surface area (Å²) in [6.07, 6.45) is 3.52. The number of carbonyl (C=O) groups is 2. The van der Waals surface area contributed by atoms with E-state index in [-0.39, 0.29) is 33.9 Å². The van der Waals surface area contributed by atoms with E-state index in [9.17, 15) is 30.6 Å². The number of nitriles is 4. The van der Waals surface area contributed by atoms with Crippen LogP contribution in [-0.2, 0) is 10.8 Å². The Kier molecular flexibility index (Phi) is 14.1. The van der Waals surface area contributed by atoms with Crippen LogP contribution in [0.25, 0.3) is 117 Å². The number of aromatic nitrogens is 4. The van der Waals surface area contributed by atoms with Gasteiger partial charge in [-0.2, -0.15) is 38.5 Å². The van der Waals surface area contributed by atoms with Gasteiger partial charge in [0.1, 0.15) is 57.5 Å². The van der Waals surface area contributed by atoms with E-state index < -0.39 is 10.8 Å². The fraction of sp³-hybridized carbons (Fsp3) is 0.0667. The highest BCUT2D eigenvalue weighted by atomic mass is 32.1. The molecule has 16 heteroatoms. The Balaban J connectivity index is 0.788. The maximum Gasteiger partial charge on any atom is 0.194 e. The lowest BCUT2D eigenvalue weighted by Crippen LogP contribution is -2.29. The third-order valence-corrected chi connectivity index (χ3v) is 27.6. The molecular weight excluding hydrogens is 1420 g/mol. The fourth-order valence-corrected chi connectivity index (χ4v) is 23.4. The molecule has 0 saturated heterocycles. The first-order chi connectivity index (χ1) is 51.8. The van der Waals surface area contributed by atoms with Crippen LogP contribution < -0.4 is 0 Å². The Morgan fingerprint density at radius 1 is 0.368 bits per heavy atom. The van der Waals surface area contributed by atoms with Crippen LogP contribution >= 0.6 is 68.8 Å². The number of hydrogen-bond donors (Lipinski definition) is 0. The molecule has 0 bridgehead atoms. The standard InChI is InChI=1S/C90H48N8O2S6/c1-45-13-23-55(24-14-45)89(56-25-15-46(2)16-26-56)69-35-51-37-73(63-31-21-49(79-81(63)97-105-95-79)33-67-75(53(41-91)42-92)59-9-5-7-11-61(59)83(67)99)101-71(51)39-65(69)85-77(89)87-88(103-85)78-86(104-87)66-40-72-52(36-70(66)90(78,57-27-17-47(3)18-28-57)58-29-19-48(4)20-30-58)38-74(102-72)64-32-22-50(80-82(64)98-106-96-80)34-68-76(54(43-93)44-94)60-10-6-8-12-62(60)84(68)100/h5-40H,1-4H3/b67-33-,68-34-. The van der Waals surface area contributed by atoms with Crippen molar-refractivity contribution in [2.75, 3.05) is 0 Å². The van der Waals surface area contributed by atoms with Gasteiger partial charge in [-0.15, -0.1) is 45.3 Å². The topological polar surface area (TPSA) is 181 Å². The molecule has 106 heavy (non-hydrogen) atoms. The summed E-state index contributed by atoms with van der Waals surface area (Å²) in [6, 6.07) is 81.6. The fourth-order valence-electron chi connectivity index (χ4n) is 16.9. The van der Waals surface area contributed by atoms with Crippen molar-refractivity contribution in [2.45, 2.75) is 38.5 Å². The summed E-state index contributed by atoms with van der Waals surface area (Å²) in [5, 5.41) is 42.8. The number of ketones is 2. The Hall–Kier alpha value is -12.3. The normalized spacial score (nSPS) is 14.9. The largest absolute Gasteiger partial charge is 0.289 e. The van der Waals surface area contributed by atoms with Crippen molar-refractivity contribution in [3.8, 4) is 66.0 Å². The van der Waals surface area contributed by atoms with E-state index in [4.69, 9.17) is 17.5 Å². The number of allylic oxidation sites excluding steroid dienone is 6. The minimum Gasteiger partial charge on any atom is -0.289 e. The lowest BCUT2D eigenvalue weighted by atomic mass is 9.66. The van der Waals surface area contributed by atoms with E-state index in [1.165, 1.54) is 97.0 Å². The highest BCUT2D eigenvalue weighted by Crippen LogP contribution is 2.69. The van der Waals surface area contributed by atoms with Gasteiger partial charge in [-0.3, -0.25) is 9.59 Å². The third kappa shape index (κ3) is 8.86. The second-order valence-corrected chi connectivity index (χ2v) is 32.7. The predicted molar refractivity (Wildman–Crippen MR) is 431 cm³/mol. The molecule has 6 heterocycles. The van der Waals surface area contributed by atoms with Gasteiger partial charge in [-0.1, -0.05) is 192 Å². The first-order valence-electron chi connectivity index (χ1n) is 34.2. The zero-order valence-corrected chi connectivity index (χ0v) is 61.5. The summed E-state index contributed by atoms with van der Waals surface area (Å²) in [4.78, 5) is 32.8. The molecule has 20 rings (SSSR count). The van der Waals surface area contributed by atoms with Gasteiger partial charge < -0.3 is 0 Å². The number of rotatable bonds is 8. The zero-order valence-electron chi connectivity index (χ0n) is 56.6. The Bertz CT molecular complexity index is 6470. The molecule has 0 atom stereocenters. The SMILES string of the molecule is Cc1ccc(C2(c3ccc(C)cc3)c3cc4cc(-c5ccc(/C=C6\C(=O)c7ccccc7C6=C(C#N)C#N)c6nsnc56)sc4cc3-c3sc4c5c(sc4c32)-c2cc3sc(-c4ccc(/C=C6\C(=O)c7ccccc7C6=C(C#N)C#N)c6nsnc46)cc3cc2C5(c2ccc(C)cc2)c2ccc(C)cc2)cc1. The first kappa shape index (κ1) is 63.4. The molecule has 10 nitrogen and oxygen atoms in total. The summed E-state index contributed by atoms with van der Waals surface area (Å²) in [7, 11) is 0. The van der Waals surface area contributed by atoms with Crippen LogP contribution in [0, 0.1) is 73.0 Å². The Morgan fingerprint density at radius 2 is 0.708 bits per heavy atom. The Morgan fingerprint density at radius 3 is 1.06 bits per heavy atom. The van der Waals surface area contributed by atoms with Crippen LogP contribution in [0.1, 0.15) is 110 Å². The summed E-state index contributed by atoms with van der Waals surface area (Å²) in [6.45, 7) is 8.63. The highest BCUT2D eigenvalue weighted by Gasteiger charge is 2.54. The van der Waals surface area contributed by atoms with Gasteiger partial charge in [0.2, 0.25) is 0 Å². The van der Waals surface area contributed by atoms with Gasteiger partial charge in [0, 0.05) is 95.7 Å². The van der Waals surface area contributed by atoms with Crippen molar-refractivity contribution in [3.05, 3.63) is 329 Å². The van der Waals surface area contributed by atoms with Crippen LogP contribution in [0.15, 0.2) is 229 Å². The zero-order chi connectivity index (χ0) is 71.8. The molecule has 0 aliphatic heterocycles. The van der Waals surface area contributed by atoms with Gasteiger partial charge >= 0.3 is 0 Å². The molecule has 0 fully saturated rings. The van der Waals surface area contributed by atoms with Gasteiger partial charge in [0.25, 0.3) is 0 Å². The second kappa shape index (κ2) is 23.6. The van der Waals surface area contributed by atoms with Crippen molar-refractivity contribution in [2.24, 2.45) is 0 Å². The average Bonchev–Trinajstić information content (AvgIpc) is 1.49. The third-order valence-electron chi connectivity index (χ3n) is 21.7. The maximum atomic E-state index is 14.1. The molecule has 4 aliphatic rings. The molecule has 0 radical (unpaired) electrons. The van der Waals surface area contributed by atoms with Gasteiger partial charge in [-0.25, -0.2) is 0 Å². The quantitative estimate of drug-likeness (QED) is 0.105. The van der Waals surface area contributed by atoms with E-state index in [0.29, 0.717) is 66.6 Å². The minimum absolute atomic E-state index is 0.122. The van der Waals surface area contributed by atoms with Gasteiger partial charge in [0.05, 0.1) is 43.7 Å². The van der Waals surface area contributed by atoms with E-state index in [1.807, 2.05) is 71.2 Å². The first-order valence-corrected chi connectivity index (χ1v) is 38.9. The Labute approximate surface area is 631 Å². The lowest BCUT2D eigenvalue weighted by Gasteiger charge is -2.34. The lowest BCUT2D eigenvalue weighted by molar-refractivity contribution is 0.103. The van der Waals surface area contributed by atoms with Crippen LogP contribution in [0.4, 0.5) is 0 Å². The summed E-state index contributed by atoms with van der Waals surface area (Å²) < 4.78 is 24.3. The van der Waals surface area contributed by atoms with Crippen LogP contribution in [0.3, 0.4) is 0 Å². The molecule has 0 spiro atoms. The summed E-state index contributed by atoms with van der Waals surface area (Å²) in [5.74, 6) is -0.501. The number of fused-ring (bicyclic) bond motifs is 15. The van der Waals surface area contributed by atoms with Crippen molar-refractivity contribution < 1.29 is 9.59 Å². The molecule has 496 valence electrons. The smallest absolute Gasteiger partial charge is 0.194 e. The average molecular weight is 1470 g/mol. The van der Waals surface area contributed by atoms with Gasteiger partial charge in [0.15, 0.2) is 11.6 Å². The van der Waals surface area contributed by atoms with E-state index in [2.05, 4.69) is 173 Å². The van der Waals surface area contributed by atoms with Gasteiger partial charge in [-0.05, 0) is 143 Å². The van der Waals surface area contributed by atoms with Crippen molar-refractivity contribution in [1.82, 2.24) is 17.5 Å². The predicted octanol–water partition coefficient (Wildman–Crippen LogP) is 22.9. The number of benzene rings is 10. The summed E-state index contributed by atoms with van der Waals surface area (Å²) in [5.41, 5.74) is 24.1. The molecule has 10 aromatic carbocycles. The molecule has 0 N–H and O–H groups in total. The van der Waals surface area contributed by atoms with Crippen molar-refractivity contribution in [3.63, 3.8) is 0 Å². The van der Waals surface area contributed by atoms with E-state index in [1.54, 1.807) is 71.2 Å². The molecule has 16 aromatic rings. The minimum atomic E-state index is -0.775. The molecule has 0 saturated carbocycles. The number of thiophene rings is 4. The van der Waals surface area contributed by atoms with Crippen LogP contribution in [-0.4, -0.2) is 29.1 Å². The van der Waals surface area contributed by atoms with Crippen LogP contribution in [0.5, 0.6) is 0 Å². The highest BCUT2D eigenvalue weighted by molar-refractivity contribution is 7.32. The molecular formula is C90H48N8O2S6. The number of nitrogens with zero attached hydrogens (tertiary/aromatic N) is 8. The van der Waals surface area contributed by atoms with E-state index >= 15 is 0 Å².